The van der Waals surface area contributed by atoms with Gasteiger partial charge >= 0.3 is 0 Å². The van der Waals surface area contributed by atoms with E-state index in [-0.39, 0.29) is 0 Å². The monoisotopic (exact) mass is 294 g/mol. The number of unbranched alkanes of at least 4 members (excludes halogenated alkanes) is 4. The lowest BCUT2D eigenvalue weighted by Gasteiger charge is -1.89. The Balaban J connectivity index is 3.01. The Kier molecular flexibility index (Phi) is 12.0. The average molecular weight is 296 g/mol. The van der Waals surface area contributed by atoms with Crippen molar-refractivity contribution in [3.8, 4) is 11.8 Å². The average Bonchev–Trinajstić information content (AvgIpc) is 2.10. The first-order chi connectivity index (χ1) is 5.91. The zero-order chi connectivity index (χ0) is 9.07. The van der Waals surface area contributed by atoms with Crippen LogP contribution in [-0.4, -0.2) is 10.7 Å². The topological polar surface area (TPSA) is 0 Å². The molecule has 0 saturated carbocycles. The molecule has 0 heterocycles. The molecule has 0 spiro atoms. The van der Waals surface area contributed by atoms with Gasteiger partial charge in [0.1, 0.15) is 0 Å². The fourth-order valence-corrected chi connectivity index (χ4v) is 1.59. The minimum absolute atomic E-state index is 1.07. The normalized spacial score (nSPS) is 9.17. The smallest absolute Gasteiger partial charge is 0.00889 e. The minimum atomic E-state index is 1.07. The van der Waals surface area contributed by atoms with Gasteiger partial charge in [-0.05, 0) is 25.7 Å². The van der Waals surface area contributed by atoms with Gasteiger partial charge in [0.2, 0.25) is 0 Å². The summed E-state index contributed by atoms with van der Waals surface area (Å²) in [6.07, 6.45) is 7.10. The maximum atomic E-state index is 3.40. The van der Waals surface area contributed by atoms with Crippen LogP contribution < -0.4 is 0 Å². The van der Waals surface area contributed by atoms with E-state index in [0.29, 0.717) is 0 Å². The highest BCUT2D eigenvalue weighted by Crippen LogP contribution is 1.99. The van der Waals surface area contributed by atoms with E-state index in [1.807, 2.05) is 0 Å². The second-order valence-electron chi connectivity index (χ2n) is 2.65. The van der Waals surface area contributed by atoms with E-state index in [0.717, 1.165) is 23.5 Å². The van der Waals surface area contributed by atoms with E-state index in [2.05, 4.69) is 43.7 Å². The van der Waals surface area contributed by atoms with Crippen molar-refractivity contribution in [2.24, 2.45) is 0 Å². The van der Waals surface area contributed by atoms with Crippen molar-refractivity contribution in [2.45, 2.75) is 38.5 Å². The van der Waals surface area contributed by atoms with Gasteiger partial charge in [-0.3, -0.25) is 0 Å². The van der Waals surface area contributed by atoms with Gasteiger partial charge in [0.15, 0.2) is 0 Å². The summed E-state index contributed by atoms with van der Waals surface area (Å²) in [5.74, 6) is 6.39. The Morgan fingerprint density at radius 1 is 0.667 bits per heavy atom. The predicted molar refractivity (Wildman–Crippen MR) is 63.1 cm³/mol. The van der Waals surface area contributed by atoms with Crippen LogP contribution in [0.4, 0.5) is 0 Å². The molecule has 0 aliphatic rings. The van der Waals surface area contributed by atoms with Crippen LogP contribution in [0.15, 0.2) is 0 Å². The molecule has 12 heavy (non-hydrogen) atoms. The molecular formula is C10H16Br2. The van der Waals surface area contributed by atoms with Crippen LogP contribution in [0.25, 0.3) is 0 Å². The van der Waals surface area contributed by atoms with Crippen molar-refractivity contribution in [1.82, 2.24) is 0 Å². The first-order valence-electron chi connectivity index (χ1n) is 4.49. The van der Waals surface area contributed by atoms with Gasteiger partial charge in [0, 0.05) is 23.5 Å². The Morgan fingerprint density at radius 3 is 1.42 bits per heavy atom. The maximum Gasteiger partial charge on any atom is 0.00889 e. The Labute approximate surface area is 92.8 Å². The summed E-state index contributed by atoms with van der Waals surface area (Å²) >= 11 is 6.80. The second kappa shape index (κ2) is 11.5. The molecule has 2 heteroatoms. The highest BCUT2D eigenvalue weighted by Gasteiger charge is 1.83. The van der Waals surface area contributed by atoms with Crippen LogP contribution in [0.2, 0.25) is 0 Å². The number of hydrogen-bond donors (Lipinski definition) is 0. The summed E-state index contributed by atoms with van der Waals surface area (Å²) < 4.78 is 0. The fraction of sp³-hybridized carbons (Fsp3) is 0.800. The zero-order valence-corrected chi connectivity index (χ0v) is 10.6. The molecule has 0 atom stereocenters. The second-order valence-corrected chi connectivity index (χ2v) is 4.23. The molecule has 0 aromatic carbocycles. The molecular weight excluding hydrogens is 280 g/mol. The van der Waals surface area contributed by atoms with Crippen LogP contribution in [-0.2, 0) is 0 Å². The van der Waals surface area contributed by atoms with Gasteiger partial charge in [-0.15, -0.1) is 11.8 Å². The lowest BCUT2D eigenvalue weighted by molar-refractivity contribution is 0.827. The van der Waals surface area contributed by atoms with E-state index in [1.54, 1.807) is 0 Å². The lowest BCUT2D eigenvalue weighted by atomic mass is 10.2. The van der Waals surface area contributed by atoms with Crippen LogP contribution in [0.5, 0.6) is 0 Å². The fourth-order valence-electron chi connectivity index (χ4n) is 0.793. The number of rotatable bonds is 6. The summed E-state index contributed by atoms with van der Waals surface area (Å²) in [6.45, 7) is 0. The SMILES string of the molecule is BrCCCCC#CCCCCBr. The van der Waals surface area contributed by atoms with Gasteiger partial charge in [0.25, 0.3) is 0 Å². The number of alkyl halides is 2. The predicted octanol–water partition coefficient (Wildman–Crippen LogP) is 4.12. The molecule has 0 radical (unpaired) electrons. The largest absolute Gasteiger partial charge is 0.103 e. The molecule has 0 bridgehead atoms. The molecule has 0 fully saturated rings. The molecule has 0 saturated heterocycles. The molecule has 0 aliphatic carbocycles. The van der Waals surface area contributed by atoms with Crippen molar-refractivity contribution in [3.63, 3.8) is 0 Å². The third-order valence-corrected chi connectivity index (χ3v) is 2.62. The van der Waals surface area contributed by atoms with Crippen molar-refractivity contribution in [1.29, 1.82) is 0 Å². The first-order valence-corrected chi connectivity index (χ1v) is 6.73. The molecule has 0 nitrogen and oxygen atoms in total. The van der Waals surface area contributed by atoms with Gasteiger partial charge < -0.3 is 0 Å². The van der Waals surface area contributed by atoms with Crippen LogP contribution in [0, 0.1) is 11.8 Å². The molecule has 0 aromatic heterocycles. The first kappa shape index (κ1) is 12.5. The molecule has 0 aliphatic heterocycles. The quantitative estimate of drug-likeness (QED) is 0.393. The third-order valence-electron chi connectivity index (χ3n) is 1.50. The number of halogens is 2. The minimum Gasteiger partial charge on any atom is -0.103 e. The summed E-state index contributed by atoms with van der Waals surface area (Å²) in [6, 6.07) is 0. The highest BCUT2D eigenvalue weighted by molar-refractivity contribution is 9.09. The lowest BCUT2D eigenvalue weighted by Crippen LogP contribution is -1.76. The van der Waals surface area contributed by atoms with Crippen molar-refractivity contribution in [2.75, 3.05) is 10.7 Å². The van der Waals surface area contributed by atoms with E-state index < -0.39 is 0 Å². The van der Waals surface area contributed by atoms with E-state index >= 15 is 0 Å². The van der Waals surface area contributed by atoms with Gasteiger partial charge in [-0.1, -0.05) is 31.9 Å². The zero-order valence-electron chi connectivity index (χ0n) is 7.41. The van der Waals surface area contributed by atoms with Crippen LogP contribution in [0.1, 0.15) is 38.5 Å². The standard InChI is InChI=1S/C10H16Br2/c11-9-7-5-3-1-2-4-6-8-10-12/h3-10H2. The van der Waals surface area contributed by atoms with Gasteiger partial charge in [-0.25, -0.2) is 0 Å². The summed E-state index contributed by atoms with van der Waals surface area (Å²) in [4.78, 5) is 0. The molecule has 0 N–H and O–H groups in total. The van der Waals surface area contributed by atoms with Crippen molar-refractivity contribution in [3.05, 3.63) is 0 Å². The van der Waals surface area contributed by atoms with Gasteiger partial charge in [0.05, 0.1) is 0 Å². The summed E-state index contributed by atoms with van der Waals surface area (Å²) in [5, 5.41) is 2.22. The maximum absolute atomic E-state index is 3.40. The van der Waals surface area contributed by atoms with E-state index in [9.17, 15) is 0 Å². The van der Waals surface area contributed by atoms with Gasteiger partial charge in [-0.2, -0.15) is 0 Å². The number of hydrogen-bond acceptors (Lipinski definition) is 0. The summed E-state index contributed by atoms with van der Waals surface area (Å²) in [5.41, 5.74) is 0. The molecule has 0 aromatic rings. The summed E-state index contributed by atoms with van der Waals surface area (Å²) in [7, 11) is 0. The molecule has 0 amide bonds. The van der Waals surface area contributed by atoms with E-state index in [1.165, 1.54) is 25.7 Å². The van der Waals surface area contributed by atoms with E-state index in [4.69, 9.17) is 0 Å². The Hall–Kier alpha value is 0.520. The Bertz CT molecular complexity index is 119. The molecule has 0 unspecified atom stereocenters. The van der Waals surface area contributed by atoms with Crippen molar-refractivity contribution < 1.29 is 0 Å². The highest BCUT2D eigenvalue weighted by atomic mass is 79.9. The Morgan fingerprint density at radius 2 is 1.08 bits per heavy atom. The third kappa shape index (κ3) is 10.5. The van der Waals surface area contributed by atoms with Crippen LogP contribution in [0.3, 0.4) is 0 Å². The molecule has 70 valence electrons. The van der Waals surface area contributed by atoms with Crippen molar-refractivity contribution >= 4 is 31.9 Å². The van der Waals surface area contributed by atoms with Crippen LogP contribution >= 0.6 is 31.9 Å². The molecule has 0 rings (SSSR count).